The molecule has 7 nitrogen and oxygen atoms in total. The normalized spacial score (nSPS) is 13.0. The van der Waals surface area contributed by atoms with Gasteiger partial charge in [-0.15, -0.1) is 0 Å². The van der Waals surface area contributed by atoms with Crippen molar-refractivity contribution in [3.8, 4) is 0 Å². The second-order valence-electron chi connectivity index (χ2n) is 7.77. The summed E-state index contributed by atoms with van der Waals surface area (Å²) >= 11 is 6.50. The van der Waals surface area contributed by atoms with Crippen LogP contribution < -0.4 is 10.5 Å². The van der Waals surface area contributed by atoms with Gasteiger partial charge in [0.1, 0.15) is 0 Å². The molecule has 0 unspecified atom stereocenters. The van der Waals surface area contributed by atoms with Crippen molar-refractivity contribution >= 4 is 43.6 Å². The van der Waals surface area contributed by atoms with Crippen molar-refractivity contribution in [2.24, 2.45) is 7.05 Å². The summed E-state index contributed by atoms with van der Waals surface area (Å²) in [4.78, 5) is 15.0. The number of sulfonamides is 1. The van der Waals surface area contributed by atoms with Crippen molar-refractivity contribution < 1.29 is 12.8 Å². The number of halogens is 1. The molecule has 0 bridgehead atoms. The molecule has 0 aliphatic heterocycles. The molecule has 0 saturated heterocycles. The first-order valence-electron chi connectivity index (χ1n) is 10.2. The van der Waals surface area contributed by atoms with E-state index in [1.807, 2.05) is 48.7 Å². The Morgan fingerprint density at radius 1 is 1.06 bits per heavy atom. The van der Waals surface area contributed by atoms with Crippen LogP contribution in [0.4, 0.5) is 0 Å². The molecule has 0 spiro atoms. The Bertz CT molecular complexity index is 1650. The van der Waals surface area contributed by atoms with Crippen molar-refractivity contribution in [1.82, 2.24) is 14.3 Å². The molecule has 1 atom stereocenters. The zero-order valence-corrected chi connectivity index (χ0v) is 19.2. The molecule has 33 heavy (non-hydrogen) atoms. The predicted octanol–water partition coefficient (Wildman–Crippen LogP) is 4.38. The van der Waals surface area contributed by atoms with E-state index in [-0.39, 0.29) is 22.9 Å². The highest BCUT2D eigenvalue weighted by Crippen LogP contribution is 2.34. The van der Waals surface area contributed by atoms with Crippen LogP contribution in [0.2, 0.25) is 5.02 Å². The molecule has 0 aliphatic carbocycles. The zero-order chi connectivity index (χ0) is 23.2. The number of nitrogens with zero attached hydrogens (tertiary/aromatic N) is 1. The van der Waals surface area contributed by atoms with Crippen LogP contribution in [-0.2, 0) is 17.1 Å². The molecule has 2 aromatic heterocycles. The van der Waals surface area contributed by atoms with Gasteiger partial charge in [0, 0.05) is 47.7 Å². The molecule has 3 aromatic carbocycles. The van der Waals surface area contributed by atoms with Crippen molar-refractivity contribution in [2.75, 3.05) is 6.54 Å². The number of benzene rings is 3. The molecule has 0 amide bonds. The Morgan fingerprint density at radius 3 is 2.64 bits per heavy atom. The van der Waals surface area contributed by atoms with Crippen molar-refractivity contribution in [1.29, 1.82) is 0 Å². The third-order valence-electron chi connectivity index (χ3n) is 5.83. The van der Waals surface area contributed by atoms with Crippen LogP contribution in [0.1, 0.15) is 17.0 Å². The number of H-pyrrole nitrogens is 1. The summed E-state index contributed by atoms with van der Waals surface area (Å²) in [5, 5.41) is 1.55. The summed E-state index contributed by atoms with van der Waals surface area (Å²) in [6.07, 6.45) is 1.89. The first-order chi connectivity index (χ1) is 15.8. The van der Waals surface area contributed by atoms with Gasteiger partial charge in [-0.25, -0.2) is 17.9 Å². The summed E-state index contributed by atoms with van der Waals surface area (Å²) < 4.78 is 35.5. The van der Waals surface area contributed by atoms with Crippen LogP contribution in [0.25, 0.3) is 22.0 Å². The Hall–Kier alpha value is -3.33. The molecule has 5 rings (SSSR count). The van der Waals surface area contributed by atoms with Gasteiger partial charge in [-0.2, -0.15) is 0 Å². The number of hydrogen-bond acceptors (Lipinski definition) is 4. The lowest BCUT2D eigenvalue weighted by Gasteiger charge is -2.19. The maximum Gasteiger partial charge on any atom is 0.419 e. The van der Waals surface area contributed by atoms with E-state index >= 15 is 0 Å². The molecule has 9 heteroatoms. The highest BCUT2D eigenvalue weighted by atomic mass is 35.5. The van der Waals surface area contributed by atoms with Crippen LogP contribution in [0.3, 0.4) is 0 Å². The van der Waals surface area contributed by atoms with Gasteiger partial charge < -0.3 is 9.40 Å². The first kappa shape index (κ1) is 21.5. The minimum atomic E-state index is -3.89. The van der Waals surface area contributed by atoms with E-state index in [2.05, 4.69) is 9.71 Å². The first-order valence-corrected chi connectivity index (χ1v) is 12.1. The summed E-state index contributed by atoms with van der Waals surface area (Å²) in [6, 6.07) is 19.6. The van der Waals surface area contributed by atoms with Crippen LogP contribution in [0, 0.1) is 0 Å². The summed E-state index contributed by atoms with van der Waals surface area (Å²) in [6.45, 7) is 0.0880. The number of rotatable bonds is 6. The fourth-order valence-corrected chi connectivity index (χ4v) is 5.41. The molecule has 5 aromatic rings. The van der Waals surface area contributed by atoms with E-state index in [1.165, 1.54) is 16.7 Å². The van der Waals surface area contributed by atoms with Crippen molar-refractivity contribution in [2.45, 2.75) is 10.8 Å². The molecule has 2 heterocycles. The number of aromatic amines is 1. The van der Waals surface area contributed by atoms with E-state index in [1.54, 1.807) is 19.2 Å². The average molecular weight is 482 g/mol. The number of nitrogens with one attached hydrogen (secondary N) is 2. The SMILES string of the molecule is Cn1c(=O)oc2cc(S(=O)(=O)NC[C@H](c3ccccc3Cl)c3c[nH]c4ccccc34)ccc21. The minimum Gasteiger partial charge on any atom is -0.408 e. The lowest BCUT2D eigenvalue weighted by atomic mass is 9.91. The summed E-state index contributed by atoms with van der Waals surface area (Å²) in [5.41, 5.74) is 3.44. The summed E-state index contributed by atoms with van der Waals surface area (Å²) in [5.74, 6) is -0.881. The van der Waals surface area contributed by atoms with Crippen LogP contribution in [0.15, 0.2) is 87.0 Å². The maximum absolute atomic E-state index is 13.1. The van der Waals surface area contributed by atoms with Gasteiger partial charge >= 0.3 is 5.76 Å². The largest absolute Gasteiger partial charge is 0.419 e. The van der Waals surface area contributed by atoms with Gasteiger partial charge in [0.05, 0.1) is 10.4 Å². The van der Waals surface area contributed by atoms with Gasteiger partial charge in [0.15, 0.2) is 5.58 Å². The topological polar surface area (TPSA) is 97.1 Å². The third-order valence-corrected chi connectivity index (χ3v) is 7.59. The average Bonchev–Trinajstić information content (AvgIpc) is 3.36. The monoisotopic (exact) mass is 481 g/mol. The van der Waals surface area contributed by atoms with Crippen LogP contribution in [0.5, 0.6) is 0 Å². The van der Waals surface area contributed by atoms with E-state index in [9.17, 15) is 13.2 Å². The number of oxazole rings is 1. The summed E-state index contributed by atoms with van der Waals surface area (Å²) in [7, 11) is -2.32. The van der Waals surface area contributed by atoms with E-state index < -0.39 is 15.8 Å². The second-order valence-corrected chi connectivity index (χ2v) is 9.95. The van der Waals surface area contributed by atoms with E-state index in [4.69, 9.17) is 16.0 Å². The van der Waals surface area contributed by atoms with E-state index in [0.717, 1.165) is 22.0 Å². The quantitative estimate of drug-likeness (QED) is 0.376. The molecular formula is C24H20ClN3O4S. The number of hydrogen-bond donors (Lipinski definition) is 2. The smallest absolute Gasteiger partial charge is 0.408 e. The maximum atomic E-state index is 13.1. The minimum absolute atomic E-state index is 0.0150. The molecule has 0 aliphatic rings. The molecule has 0 fully saturated rings. The highest BCUT2D eigenvalue weighted by molar-refractivity contribution is 7.89. The number of fused-ring (bicyclic) bond motifs is 2. The lowest BCUT2D eigenvalue weighted by molar-refractivity contribution is 0.527. The Morgan fingerprint density at radius 2 is 1.82 bits per heavy atom. The Kier molecular flexibility index (Phi) is 5.36. The van der Waals surface area contributed by atoms with Crippen molar-refractivity contribution in [3.63, 3.8) is 0 Å². The second kappa shape index (κ2) is 8.22. The lowest BCUT2D eigenvalue weighted by Crippen LogP contribution is -2.29. The van der Waals surface area contributed by atoms with Gasteiger partial charge in [-0.1, -0.05) is 48.0 Å². The van der Waals surface area contributed by atoms with Gasteiger partial charge in [-0.3, -0.25) is 4.57 Å². The Labute approximate surface area is 194 Å². The molecule has 0 saturated carbocycles. The van der Waals surface area contributed by atoms with Crippen molar-refractivity contribution in [3.05, 3.63) is 99.6 Å². The van der Waals surface area contributed by atoms with E-state index in [0.29, 0.717) is 10.5 Å². The van der Waals surface area contributed by atoms with Crippen LogP contribution >= 0.6 is 11.6 Å². The standard InChI is InChI=1S/C24H20ClN3O4S/c1-28-22-11-10-15(12-23(22)32-24(28)29)33(30,31)27-14-19(16-6-2-4-8-20(16)25)18-13-26-21-9-5-3-7-17(18)21/h2-13,19,26-27H,14H2,1H3/t19-/m1/s1. The molecular weight excluding hydrogens is 462 g/mol. The number of aromatic nitrogens is 2. The number of para-hydroxylation sites is 1. The molecule has 2 N–H and O–H groups in total. The Balaban J connectivity index is 1.52. The predicted molar refractivity (Wildman–Crippen MR) is 128 cm³/mol. The number of aryl methyl sites for hydroxylation is 1. The molecule has 168 valence electrons. The zero-order valence-electron chi connectivity index (χ0n) is 17.6. The van der Waals surface area contributed by atoms with Gasteiger partial charge in [0.2, 0.25) is 10.0 Å². The van der Waals surface area contributed by atoms with Crippen LogP contribution in [-0.4, -0.2) is 24.5 Å². The van der Waals surface area contributed by atoms with Gasteiger partial charge in [-0.05, 0) is 35.4 Å². The fourth-order valence-electron chi connectivity index (χ4n) is 4.09. The van der Waals surface area contributed by atoms with Gasteiger partial charge in [0.25, 0.3) is 0 Å². The third kappa shape index (κ3) is 3.86. The highest BCUT2D eigenvalue weighted by Gasteiger charge is 2.24. The molecule has 0 radical (unpaired) electrons. The fraction of sp³-hybridized carbons (Fsp3) is 0.125.